The van der Waals surface area contributed by atoms with E-state index in [1.807, 2.05) is 0 Å². The lowest BCUT2D eigenvalue weighted by Crippen LogP contribution is -2.03. The van der Waals surface area contributed by atoms with E-state index >= 15 is 0 Å². The lowest BCUT2D eigenvalue weighted by molar-refractivity contribution is 1.01. The van der Waals surface area contributed by atoms with E-state index in [-0.39, 0.29) is 0 Å². The van der Waals surface area contributed by atoms with Crippen LogP contribution < -0.4 is 0 Å². The van der Waals surface area contributed by atoms with E-state index in [9.17, 15) is 0 Å². The molecule has 0 aliphatic rings. The highest BCUT2D eigenvalue weighted by molar-refractivity contribution is 6.36. The summed E-state index contributed by atoms with van der Waals surface area (Å²) in [5, 5.41) is 13.2. The van der Waals surface area contributed by atoms with Crippen LogP contribution in [0.2, 0.25) is 0 Å². The molecule has 0 amide bonds. The summed E-state index contributed by atoms with van der Waals surface area (Å²) in [5.41, 5.74) is 13.5. The maximum Gasteiger partial charge on any atom is 0.235 e. The molecule has 0 saturated carbocycles. The highest BCUT2D eigenvalue weighted by atomic mass is 15.2. The molecule has 4 nitrogen and oxygen atoms in total. The van der Waals surface area contributed by atoms with E-state index in [4.69, 9.17) is 9.97 Å². The number of nitrogens with zero attached hydrogens (tertiary/aromatic N) is 4. The fraction of sp³-hybridized carbons (Fsp3) is 0. The summed E-state index contributed by atoms with van der Waals surface area (Å²) in [5.74, 6) is 0.651. The fourth-order valence-corrected chi connectivity index (χ4v) is 10.4. The Kier molecular flexibility index (Phi) is 6.80. The predicted molar refractivity (Wildman–Crippen MR) is 260 cm³/mol. The number of rotatable bonds is 4. The van der Waals surface area contributed by atoms with E-state index in [0.717, 1.165) is 33.2 Å². The maximum absolute atomic E-state index is 5.60. The smallest absolute Gasteiger partial charge is 0.235 e. The molecule has 14 rings (SSSR count). The molecule has 0 atom stereocenters. The topological polar surface area (TPSA) is 35.1 Å². The molecule has 0 aliphatic carbocycles. The fourth-order valence-electron chi connectivity index (χ4n) is 10.4. The zero-order valence-corrected chi connectivity index (χ0v) is 33.4. The molecule has 0 fully saturated rings. The van der Waals surface area contributed by atoms with Gasteiger partial charge in [0.15, 0.2) is 0 Å². The Balaban J connectivity index is 1.11. The van der Waals surface area contributed by atoms with E-state index in [1.165, 1.54) is 92.7 Å². The molecular weight excluding hydrogens is 753 g/mol. The molecule has 4 aromatic heterocycles. The van der Waals surface area contributed by atoms with Crippen LogP contribution in [0.4, 0.5) is 0 Å². The average Bonchev–Trinajstić information content (AvgIpc) is 3.98. The van der Waals surface area contributed by atoms with Gasteiger partial charge in [0.25, 0.3) is 0 Å². The minimum atomic E-state index is 0.651. The largest absolute Gasteiger partial charge is 0.308 e. The molecule has 14 aromatic rings. The van der Waals surface area contributed by atoms with Crippen molar-refractivity contribution >= 4 is 92.3 Å². The molecule has 0 saturated heterocycles. The van der Waals surface area contributed by atoms with E-state index in [1.54, 1.807) is 0 Å². The maximum atomic E-state index is 5.60. The van der Waals surface area contributed by atoms with E-state index in [2.05, 4.69) is 215 Å². The van der Waals surface area contributed by atoms with Crippen molar-refractivity contribution in [1.29, 1.82) is 0 Å². The number of benzene rings is 10. The Hall–Kier alpha value is -8.34. The van der Waals surface area contributed by atoms with Gasteiger partial charge < -0.3 is 4.40 Å². The summed E-state index contributed by atoms with van der Waals surface area (Å²) in [6, 6.07) is 74.8. The first-order chi connectivity index (χ1) is 30.7. The number of para-hydroxylation sites is 2. The molecular formula is C58H34N4. The van der Waals surface area contributed by atoms with Crippen LogP contribution >= 0.6 is 0 Å². The zero-order chi connectivity index (χ0) is 40.5. The molecule has 4 heterocycles. The van der Waals surface area contributed by atoms with Crippen molar-refractivity contribution in [2.75, 3.05) is 0 Å². The second kappa shape index (κ2) is 12.6. The summed E-state index contributed by atoms with van der Waals surface area (Å²) in [7, 11) is 0. The third-order valence-corrected chi connectivity index (χ3v) is 13.2. The highest BCUT2D eigenvalue weighted by Gasteiger charge is 2.26. The molecule has 0 radical (unpaired) electrons. The Bertz CT molecular complexity index is 4140. The third-order valence-electron chi connectivity index (χ3n) is 13.2. The van der Waals surface area contributed by atoms with Crippen LogP contribution in [0, 0.1) is 0 Å². The quantitative estimate of drug-likeness (QED) is 0.167. The highest BCUT2D eigenvalue weighted by Crippen LogP contribution is 2.48. The summed E-state index contributed by atoms with van der Waals surface area (Å²) in [6.45, 7) is 0. The van der Waals surface area contributed by atoms with Gasteiger partial charge in [0.05, 0.1) is 38.8 Å². The van der Waals surface area contributed by atoms with E-state index in [0.29, 0.717) is 5.95 Å². The minimum absolute atomic E-state index is 0.651. The van der Waals surface area contributed by atoms with Crippen LogP contribution in [0.15, 0.2) is 206 Å². The molecule has 0 aliphatic heterocycles. The monoisotopic (exact) mass is 786 g/mol. The first kappa shape index (κ1) is 33.5. The average molecular weight is 787 g/mol. The standard InChI is InChI=1S/C58H34N4/c1-3-13-35(14-4-1)38-27-30-51-48(32-38)54-53(34-47-44-29-25-39(36-15-5-2-6-16-36)33-52(44)61-50-22-12-10-20-46(50)55(54)57(47)61)62(51)58-59-49-21-11-9-19-45(49)56(60-58)41-26-28-43-40(31-41)24-23-37-17-7-8-18-42(37)43/h1-34H. The van der Waals surface area contributed by atoms with Gasteiger partial charge in [0.1, 0.15) is 0 Å². The minimum Gasteiger partial charge on any atom is -0.308 e. The van der Waals surface area contributed by atoms with Crippen molar-refractivity contribution < 1.29 is 0 Å². The molecule has 10 aromatic carbocycles. The Morgan fingerprint density at radius 3 is 1.79 bits per heavy atom. The van der Waals surface area contributed by atoms with Crippen molar-refractivity contribution in [1.82, 2.24) is 18.9 Å². The first-order valence-electron chi connectivity index (χ1n) is 21.2. The van der Waals surface area contributed by atoms with Gasteiger partial charge >= 0.3 is 0 Å². The SMILES string of the molecule is c1ccc(-c2ccc3c(c2)c2c4c5ccccc5n5c6cc(-c7ccccc7)ccc6c(cc2n3-c2nc(-c3ccc6c(ccc7ccccc76)c3)c3ccccc3n2)c45)cc1. The number of hydrogen-bond donors (Lipinski definition) is 0. The van der Waals surface area contributed by atoms with Crippen molar-refractivity contribution in [2.45, 2.75) is 0 Å². The van der Waals surface area contributed by atoms with Gasteiger partial charge in [-0.15, -0.1) is 0 Å². The number of fused-ring (bicyclic) bond motifs is 14. The number of aromatic nitrogens is 4. The second-order valence-electron chi connectivity index (χ2n) is 16.5. The first-order valence-corrected chi connectivity index (χ1v) is 21.2. The van der Waals surface area contributed by atoms with Gasteiger partial charge in [-0.1, -0.05) is 164 Å². The Morgan fingerprint density at radius 1 is 0.306 bits per heavy atom. The molecule has 0 bridgehead atoms. The van der Waals surface area contributed by atoms with Crippen molar-refractivity contribution in [3.8, 4) is 39.5 Å². The van der Waals surface area contributed by atoms with Crippen LogP contribution in [0.5, 0.6) is 0 Å². The lowest BCUT2D eigenvalue weighted by atomic mass is 9.98. The van der Waals surface area contributed by atoms with E-state index < -0.39 is 0 Å². The van der Waals surface area contributed by atoms with Gasteiger partial charge in [0, 0.05) is 43.3 Å². The van der Waals surface area contributed by atoms with Gasteiger partial charge in [-0.2, -0.15) is 0 Å². The summed E-state index contributed by atoms with van der Waals surface area (Å²) in [6.07, 6.45) is 0. The summed E-state index contributed by atoms with van der Waals surface area (Å²) in [4.78, 5) is 11.0. The van der Waals surface area contributed by atoms with Crippen LogP contribution in [-0.4, -0.2) is 18.9 Å². The third kappa shape index (κ3) is 4.66. The van der Waals surface area contributed by atoms with Gasteiger partial charge in [-0.3, -0.25) is 4.57 Å². The Morgan fingerprint density at radius 2 is 0.952 bits per heavy atom. The van der Waals surface area contributed by atoms with Gasteiger partial charge in [0.2, 0.25) is 5.95 Å². The molecule has 0 spiro atoms. The van der Waals surface area contributed by atoms with Crippen LogP contribution in [0.1, 0.15) is 0 Å². The van der Waals surface area contributed by atoms with Crippen molar-refractivity contribution in [2.24, 2.45) is 0 Å². The second-order valence-corrected chi connectivity index (χ2v) is 16.5. The summed E-state index contributed by atoms with van der Waals surface area (Å²) < 4.78 is 4.82. The Labute approximate surface area is 355 Å². The molecule has 62 heavy (non-hydrogen) atoms. The molecule has 4 heteroatoms. The number of hydrogen-bond acceptors (Lipinski definition) is 2. The van der Waals surface area contributed by atoms with Gasteiger partial charge in [-0.25, -0.2) is 9.97 Å². The normalized spacial score (nSPS) is 12.2. The summed E-state index contributed by atoms with van der Waals surface area (Å²) >= 11 is 0. The van der Waals surface area contributed by atoms with Crippen LogP contribution in [0.25, 0.3) is 132 Å². The van der Waals surface area contributed by atoms with Crippen molar-refractivity contribution in [3.63, 3.8) is 0 Å². The molecule has 286 valence electrons. The lowest BCUT2D eigenvalue weighted by Gasteiger charge is -2.13. The van der Waals surface area contributed by atoms with Gasteiger partial charge in [-0.05, 0) is 86.3 Å². The zero-order valence-electron chi connectivity index (χ0n) is 33.4. The van der Waals surface area contributed by atoms with Crippen LogP contribution in [0.3, 0.4) is 0 Å². The van der Waals surface area contributed by atoms with Crippen molar-refractivity contribution in [3.05, 3.63) is 206 Å². The molecule has 0 N–H and O–H groups in total. The van der Waals surface area contributed by atoms with Crippen LogP contribution in [-0.2, 0) is 0 Å². The molecule has 0 unspecified atom stereocenters. The predicted octanol–water partition coefficient (Wildman–Crippen LogP) is 15.2.